The second-order valence-electron chi connectivity index (χ2n) is 5.25. The summed E-state index contributed by atoms with van der Waals surface area (Å²) in [6.07, 6.45) is 1.85. The number of carbonyl (C=O) groups is 1. The average molecular weight is 226 g/mol. The molecule has 0 aromatic carbocycles. The van der Waals surface area contributed by atoms with E-state index in [2.05, 4.69) is 19.2 Å². The number of hydrogen-bond acceptors (Lipinski definition) is 3. The van der Waals surface area contributed by atoms with Gasteiger partial charge < -0.3 is 15.0 Å². The molecule has 0 radical (unpaired) electrons. The molecule has 16 heavy (non-hydrogen) atoms. The lowest BCUT2D eigenvalue weighted by molar-refractivity contribution is -0.156. The molecular formula is C12H22N2O2. The van der Waals surface area contributed by atoms with E-state index in [4.69, 9.17) is 4.74 Å². The summed E-state index contributed by atoms with van der Waals surface area (Å²) >= 11 is 0. The molecular weight excluding hydrogens is 204 g/mol. The number of piperazine rings is 1. The molecule has 0 bridgehead atoms. The normalized spacial score (nSPS) is 40.1. The summed E-state index contributed by atoms with van der Waals surface area (Å²) in [6.45, 7) is 8.61. The maximum atomic E-state index is 12.5. The first kappa shape index (κ1) is 11.9. The fraction of sp³-hybridized carbons (Fsp3) is 0.917. The van der Waals surface area contributed by atoms with Crippen LogP contribution in [0.5, 0.6) is 0 Å². The average Bonchev–Trinajstić information content (AvgIpc) is 2.66. The van der Waals surface area contributed by atoms with E-state index < -0.39 is 5.60 Å². The van der Waals surface area contributed by atoms with Gasteiger partial charge in [-0.1, -0.05) is 0 Å². The molecule has 1 N–H and O–H groups in total. The van der Waals surface area contributed by atoms with Crippen molar-refractivity contribution in [2.45, 2.75) is 51.3 Å². The summed E-state index contributed by atoms with van der Waals surface area (Å²) in [6, 6.07) is 0.523. The lowest BCUT2D eigenvalue weighted by Crippen LogP contribution is -2.61. The standard InChI is InChI=1S/C12H22N2O2/c1-9-7-13-8-10(2)14(9)11(15)12(3)5-4-6-16-12/h9-10,13H,4-8H2,1-3H3. The van der Waals surface area contributed by atoms with Crippen molar-refractivity contribution in [3.63, 3.8) is 0 Å². The van der Waals surface area contributed by atoms with E-state index in [1.165, 1.54) is 0 Å². The molecule has 4 heteroatoms. The van der Waals surface area contributed by atoms with Crippen LogP contribution in [0.4, 0.5) is 0 Å². The van der Waals surface area contributed by atoms with Crippen molar-refractivity contribution in [3.05, 3.63) is 0 Å². The van der Waals surface area contributed by atoms with Crippen LogP contribution in [0.15, 0.2) is 0 Å². The second-order valence-corrected chi connectivity index (χ2v) is 5.25. The SMILES string of the molecule is CC1CNCC(C)N1C(=O)C1(C)CCCO1. The predicted molar refractivity (Wildman–Crippen MR) is 62.2 cm³/mol. The Labute approximate surface area is 97.3 Å². The molecule has 0 spiro atoms. The zero-order valence-electron chi connectivity index (χ0n) is 10.5. The first-order chi connectivity index (χ1) is 7.54. The molecule has 0 aromatic heterocycles. The van der Waals surface area contributed by atoms with Gasteiger partial charge in [0.1, 0.15) is 5.60 Å². The zero-order valence-corrected chi connectivity index (χ0v) is 10.5. The van der Waals surface area contributed by atoms with Gasteiger partial charge in [-0.15, -0.1) is 0 Å². The fourth-order valence-electron chi connectivity index (χ4n) is 2.75. The summed E-state index contributed by atoms with van der Waals surface area (Å²) in [5.74, 6) is 0.173. The molecule has 2 aliphatic heterocycles. The Hall–Kier alpha value is -0.610. The Morgan fingerprint density at radius 3 is 2.50 bits per heavy atom. The van der Waals surface area contributed by atoms with Gasteiger partial charge in [-0.05, 0) is 33.6 Å². The van der Waals surface area contributed by atoms with Gasteiger partial charge in [0.15, 0.2) is 0 Å². The quantitative estimate of drug-likeness (QED) is 0.718. The predicted octanol–water partition coefficient (Wildman–Crippen LogP) is 0.764. The maximum absolute atomic E-state index is 12.5. The van der Waals surface area contributed by atoms with E-state index >= 15 is 0 Å². The minimum absolute atomic E-state index is 0.173. The highest BCUT2D eigenvalue weighted by Gasteiger charge is 2.43. The third-order valence-corrected chi connectivity index (χ3v) is 3.73. The highest BCUT2D eigenvalue weighted by Crippen LogP contribution is 2.29. The Kier molecular flexibility index (Phi) is 3.22. The molecule has 3 unspecified atom stereocenters. The molecule has 2 aliphatic rings. The monoisotopic (exact) mass is 226 g/mol. The molecule has 4 nitrogen and oxygen atoms in total. The first-order valence-electron chi connectivity index (χ1n) is 6.22. The van der Waals surface area contributed by atoms with Gasteiger partial charge in [0.25, 0.3) is 5.91 Å². The topological polar surface area (TPSA) is 41.6 Å². The second kappa shape index (κ2) is 4.34. The van der Waals surface area contributed by atoms with Crippen LogP contribution in [-0.2, 0) is 9.53 Å². The number of nitrogens with zero attached hydrogens (tertiary/aromatic N) is 1. The van der Waals surface area contributed by atoms with Crippen molar-refractivity contribution in [2.24, 2.45) is 0 Å². The molecule has 1 amide bonds. The van der Waals surface area contributed by atoms with Gasteiger partial charge in [0, 0.05) is 31.8 Å². The highest BCUT2D eigenvalue weighted by molar-refractivity contribution is 5.85. The third kappa shape index (κ3) is 1.96. The largest absolute Gasteiger partial charge is 0.365 e. The van der Waals surface area contributed by atoms with E-state index in [0.29, 0.717) is 0 Å². The minimum Gasteiger partial charge on any atom is -0.365 e. The van der Waals surface area contributed by atoms with Crippen molar-refractivity contribution in [2.75, 3.05) is 19.7 Å². The Balaban J connectivity index is 2.12. The van der Waals surface area contributed by atoms with Gasteiger partial charge >= 0.3 is 0 Å². The summed E-state index contributed by atoms with van der Waals surface area (Å²) < 4.78 is 5.64. The minimum atomic E-state index is -0.570. The summed E-state index contributed by atoms with van der Waals surface area (Å²) in [5, 5.41) is 3.34. The molecule has 2 fully saturated rings. The maximum Gasteiger partial charge on any atom is 0.255 e. The molecule has 0 aliphatic carbocycles. The lowest BCUT2D eigenvalue weighted by Gasteiger charge is -2.42. The molecule has 2 rings (SSSR count). The zero-order chi connectivity index (χ0) is 11.8. The number of rotatable bonds is 1. The number of hydrogen-bond donors (Lipinski definition) is 1. The Morgan fingerprint density at radius 2 is 2.00 bits per heavy atom. The van der Waals surface area contributed by atoms with Crippen LogP contribution in [0, 0.1) is 0 Å². The molecule has 0 saturated carbocycles. The molecule has 0 aromatic rings. The number of carbonyl (C=O) groups excluding carboxylic acids is 1. The van der Waals surface area contributed by atoms with E-state index in [9.17, 15) is 4.79 Å². The molecule has 3 atom stereocenters. The van der Waals surface area contributed by atoms with Crippen molar-refractivity contribution in [1.29, 1.82) is 0 Å². The van der Waals surface area contributed by atoms with E-state index in [1.54, 1.807) is 0 Å². The summed E-state index contributed by atoms with van der Waals surface area (Å²) in [5.41, 5.74) is -0.570. The Bertz CT molecular complexity index is 264. The summed E-state index contributed by atoms with van der Waals surface area (Å²) in [7, 11) is 0. The van der Waals surface area contributed by atoms with Gasteiger partial charge in [-0.25, -0.2) is 0 Å². The van der Waals surface area contributed by atoms with Crippen molar-refractivity contribution in [3.8, 4) is 0 Å². The van der Waals surface area contributed by atoms with Crippen LogP contribution in [0.2, 0.25) is 0 Å². The van der Waals surface area contributed by atoms with Crippen molar-refractivity contribution in [1.82, 2.24) is 10.2 Å². The lowest BCUT2D eigenvalue weighted by atomic mass is 9.98. The molecule has 2 saturated heterocycles. The highest BCUT2D eigenvalue weighted by atomic mass is 16.5. The molecule has 92 valence electrons. The van der Waals surface area contributed by atoms with E-state index in [-0.39, 0.29) is 18.0 Å². The Morgan fingerprint density at radius 1 is 1.38 bits per heavy atom. The fourth-order valence-corrected chi connectivity index (χ4v) is 2.75. The van der Waals surface area contributed by atoms with Crippen LogP contribution in [0.3, 0.4) is 0 Å². The van der Waals surface area contributed by atoms with Crippen LogP contribution in [0.25, 0.3) is 0 Å². The van der Waals surface area contributed by atoms with Crippen LogP contribution < -0.4 is 5.32 Å². The number of nitrogens with one attached hydrogen (secondary N) is 1. The molecule has 2 heterocycles. The van der Waals surface area contributed by atoms with Crippen molar-refractivity contribution >= 4 is 5.91 Å². The van der Waals surface area contributed by atoms with E-state index in [1.807, 2.05) is 11.8 Å². The summed E-state index contributed by atoms with van der Waals surface area (Å²) in [4.78, 5) is 14.5. The first-order valence-corrected chi connectivity index (χ1v) is 6.22. The smallest absolute Gasteiger partial charge is 0.255 e. The third-order valence-electron chi connectivity index (χ3n) is 3.73. The van der Waals surface area contributed by atoms with E-state index in [0.717, 1.165) is 32.5 Å². The number of ether oxygens (including phenoxy) is 1. The van der Waals surface area contributed by atoms with Crippen LogP contribution >= 0.6 is 0 Å². The van der Waals surface area contributed by atoms with Gasteiger partial charge in [0.2, 0.25) is 0 Å². The van der Waals surface area contributed by atoms with Gasteiger partial charge in [-0.3, -0.25) is 4.79 Å². The number of amides is 1. The van der Waals surface area contributed by atoms with Crippen LogP contribution in [0.1, 0.15) is 33.6 Å². The van der Waals surface area contributed by atoms with Crippen molar-refractivity contribution < 1.29 is 9.53 Å². The van der Waals surface area contributed by atoms with Crippen LogP contribution in [-0.4, -0.2) is 48.2 Å². The van der Waals surface area contributed by atoms with Gasteiger partial charge in [0.05, 0.1) is 0 Å². The van der Waals surface area contributed by atoms with Gasteiger partial charge in [-0.2, -0.15) is 0 Å².